The molecular formula is C13H15F. The number of hydrogen-bond acceptors (Lipinski definition) is 0. The summed E-state index contributed by atoms with van der Waals surface area (Å²) in [5.41, 5.74) is 5.22. The molecule has 0 aliphatic heterocycles. The summed E-state index contributed by atoms with van der Waals surface area (Å²) in [7, 11) is 0. The van der Waals surface area contributed by atoms with Crippen LogP contribution in [0.15, 0.2) is 24.3 Å². The summed E-state index contributed by atoms with van der Waals surface area (Å²) in [6, 6.07) is 6.31. The first-order chi connectivity index (χ1) is 6.83. The van der Waals surface area contributed by atoms with Gasteiger partial charge in [0, 0.05) is 0 Å². The maximum atomic E-state index is 12.3. The Morgan fingerprint density at radius 1 is 1.36 bits per heavy atom. The van der Waals surface area contributed by atoms with E-state index in [0.29, 0.717) is 0 Å². The van der Waals surface area contributed by atoms with Gasteiger partial charge >= 0.3 is 0 Å². The molecule has 74 valence electrons. The predicted octanol–water partition coefficient (Wildman–Crippen LogP) is 3.68. The monoisotopic (exact) mass is 190 g/mol. The van der Waals surface area contributed by atoms with Crippen LogP contribution < -0.4 is 0 Å². The molecule has 2 rings (SSSR count). The van der Waals surface area contributed by atoms with Crippen molar-refractivity contribution in [2.75, 3.05) is 6.67 Å². The van der Waals surface area contributed by atoms with Gasteiger partial charge in [0.05, 0.1) is 0 Å². The number of aryl methyl sites for hydroxylation is 1. The van der Waals surface area contributed by atoms with Crippen LogP contribution in [0, 0.1) is 6.92 Å². The quantitative estimate of drug-likeness (QED) is 0.633. The molecule has 0 unspecified atom stereocenters. The Bertz CT molecular complexity index is 363. The summed E-state index contributed by atoms with van der Waals surface area (Å²) in [5, 5.41) is 0. The van der Waals surface area contributed by atoms with Crippen LogP contribution in [0.4, 0.5) is 4.39 Å². The van der Waals surface area contributed by atoms with Gasteiger partial charge in [0.1, 0.15) is 6.67 Å². The molecule has 1 heteroatoms. The molecule has 0 saturated carbocycles. The van der Waals surface area contributed by atoms with Crippen LogP contribution in [0.3, 0.4) is 0 Å². The van der Waals surface area contributed by atoms with Crippen LogP contribution in [0.5, 0.6) is 0 Å². The van der Waals surface area contributed by atoms with Crippen LogP contribution in [0.2, 0.25) is 0 Å². The van der Waals surface area contributed by atoms with Crippen LogP contribution in [0.1, 0.15) is 29.5 Å². The maximum absolute atomic E-state index is 12.3. The molecule has 0 radical (unpaired) electrons. The van der Waals surface area contributed by atoms with Gasteiger partial charge in [-0.2, -0.15) is 0 Å². The molecule has 0 heterocycles. The highest BCUT2D eigenvalue weighted by molar-refractivity contribution is 5.71. The van der Waals surface area contributed by atoms with E-state index in [1.54, 1.807) is 6.08 Å². The van der Waals surface area contributed by atoms with Gasteiger partial charge in [0.25, 0.3) is 0 Å². The van der Waals surface area contributed by atoms with Crippen molar-refractivity contribution < 1.29 is 4.39 Å². The lowest BCUT2D eigenvalue weighted by Gasteiger charge is -2.20. The van der Waals surface area contributed by atoms with E-state index in [0.717, 1.165) is 19.3 Å². The molecule has 0 spiro atoms. The second-order valence-corrected chi connectivity index (χ2v) is 3.84. The third-order valence-electron chi connectivity index (χ3n) is 2.95. The summed E-state index contributed by atoms with van der Waals surface area (Å²) in [6.07, 6.45) is 5.05. The molecule has 0 fully saturated rings. The fraction of sp³-hybridized carbons (Fsp3) is 0.385. The van der Waals surface area contributed by atoms with Crippen molar-refractivity contribution in [3.8, 4) is 0 Å². The van der Waals surface area contributed by atoms with Crippen LogP contribution in [0.25, 0.3) is 5.57 Å². The van der Waals surface area contributed by atoms with E-state index in [9.17, 15) is 4.39 Å². The summed E-state index contributed by atoms with van der Waals surface area (Å²) < 4.78 is 12.3. The Balaban J connectivity index is 2.50. The zero-order valence-electron chi connectivity index (χ0n) is 8.52. The van der Waals surface area contributed by atoms with E-state index in [1.165, 1.54) is 22.3 Å². The second-order valence-electron chi connectivity index (χ2n) is 3.84. The van der Waals surface area contributed by atoms with Gasteiger partial charge in [-0.25, -0.2) is 4.39 Å². The second kappa shape index (κ2) is 3.95. The number of fused-ring (bicyclic) bond motifs is 1. The van der Waals surface area contributed by atoms with Crippen molar-refractivity contribution in [1.82, 2.24) is 0 Å². The Kier molecular flexibility index (Phi) is 2.67. The first-order valence-electron chi connectivity index (χ1n) is 5.17. The topological polar surface area (TPSA) is 0 Å². The molecule has 0 bridgehead atoms. The number of allylic oxidation sites excluding steroid dienone is 2. The fourth-order valence-corrected chi connectivity index (χ4v) is 2.23. The Morgan fingerprint density at radius 3 is 3.00 bits per heavy atom. The molecule has 0 saturated heterocycles. The van der Waals surface area contributed by atoms with Crippen molar-refractivity contribution in [3.63, 3.8) is 0 Å². The van der Waals surface area contributed by atoms with Gasteiger partial charge in [0.2, 0.25) is 0 Å². The summed E-state index contributed by atoms with van der Waals surface area (Å²) >= 11 is 0. The first-order valence-corrected chi connectivity index (χ1v) is 5.17. The maximum Gasteiger partial charge on any atom is 0.108 e. The van der Waals surface area contributed by atoms with E-state index in [-0.39, 0.29) is 6.67 Å². The Labute approximate surface area is 84.5 Å². The molecule has 0 amide bonds. The SMILES string of the molecule is Cc1cccc2c1CCC/C2=C\CF. The minimum absolute atomic E-state index is 0.345. The third kappa shape index (κ3) is 1.59. The Hall–Kier alpha value is -1.11. The number of alkyl halides is 1. The van der Waals surface area contributed by atoms with Gasteiger partial charge in [-0.1, -0.05) is 18.2 Å². The third-order valence-corrected chi connectivity index (χ3v) is 2.95. The fourth-order valence-electron chi connectivity index (χ4n) is 2.23. The van der Waals surface area contributed by atoms with Gasteiger partial charge in [0.15, 0.2) is 0 Å². The molecule has 1 aromatic carbocycles. The molecule has 14 heavy (non-hydrogen) atoms. The number of halogens is 1. The predicted molar refractivity (Wildman–Crippen MR) is 58.1 cm³/mol. The average molecular weight is 190 g/mol. The smallest absolute Gasteiger partial charge is 0.108 e. The summed E-state index contributed by atoms with van der Waals surface area (Å²) in [6.45, 7) is 1.79. The Morgan fingerprint density at radius 2 is 2.21 bits per heavy atom. The zero-order chi connectivity index (χ0) is 9.97. The molecular weight excluding hydrogens is 175 g/mol. The van der Waals surface area contributed by atoms with Gasteiger partial charge in [-0.05, 0) is 54.5 Å². The van der Waals surface area contributed by atoms with Gasteiger partial charge in [-0.3, -0.25) is 0 Å². The highest BCUT2D eigenvalue weighted by Gasteiger charge is 2.14. The molecule has 1 aromatic rings. The minimum atomic E-state index is -0.345. The van der Waals surface area contributed by atoms with E-state index in [4.69, 9.17) is 0 Å². The van der Waals surface area contributed by atoms with Crippen LogP contribution in [-0.2, 0) is 6.42 Å². The van der Waals surface area contributed by atoms with Crippen molar-refractivity contribution in [3.05, 3.63) is 41.0 Å². The average Bonchev–Trinajstić information content (AvgIpc) is 2.20. The number of rotatable bonds is 1. The van der Waals surface area contributed by atoms with Crippen molar-refractivity contribution in [2.45, 2.75) is 26.2 Å². The van der Waals surface area contributed by atoms with Crippen molar-refractivity contribution in [2.24, 2.45) is 0 Å². The van der Waals surface area contributed by atoms with Crippen LogP contribution >= 0.6 is 0 Å². The van der Waals surface area contributed by atoms with E-state index in [2.05, 4.69) is 25.1 Å². The number of hydrogen-bond donors (Lipinski definition) is 0. The lowest BCUT2D eigenvalue weighted by Crippen LogP contribution is -2.03. The largest absolute Gasteiger partial charge is 0.247 e. The van der Waals surface area contributed by atoms with E-state index >= 15 is 0 Å². The van der Waals surface area contributed by atoms with Crippen LogP contribution in [-0.4, -0.2) is 6.67 Å². The zero-order valence-corrected chi connectivity index (χ0v) is 8.52. The normalized spacial score (nSPS) is 18.3. The molecule has 1 aliphatic carbocycles. The van der Waals surface area contributed by atoms with E-state index < -0.39 is 0 Å². The lowest BCUT2D eigenvalue weighted by molar-refractivity contribution is 0.561. The van der Waals surface area contributed by atoms with Gasteiger partial charge < -0.3 is 0 Å². The highest BCUT2D eigenvalue weighted by atomic mass is 19.1. The summed E-state index contributed by atoms with van der Waals surface area (Å²) in [4.78, 5) is 0. The molecule has 0 atom stereocenters. The summed E-state index contributed by atoms with van der Waals surface area (Å²) in [5.74, 6) is 0. The molecule has 1 aliphatic rings. The first kappa shape index (κ1) is 9.45. The number of benzene rings is 1. The van der Waals surface area contributed by atoms with E-state index in [1.807, 2.05) is 0 Å². The highest BCUT2D eigenvalue weighted by Crippen LogP contribution is 2.32. The van der Waals surface area contributed by atoms with Crippen molar-refractivity contribution >= 4 is 5.57 Å². The standard InChI is InChI=1S/C13H15F/c1-10-4-2-7-13-11(8-9-14)5-3-6-12(10)13/h2,4,7-8H,3,5-6,9H2,1H3/b11-8+. The molecule has 0 nitrogen and oxygen atoms in total. The molecule has 0 N–H and O–H groups in total. The van der Waals surface area contributed by atoms with Gasteiger partial charge in [-0.15, -0.1) is 0 Å². The van der Waals surface area contributed by atoms with Crippen molar-refractivity contribution in [1.29, 1.82) is 0 Å². The molecule has 0 aromatic heterocycles. The lowest BCUT2D eigenvalue weighted by atomic mass is 9.85. The minimum Gasteiger partial charge on any atom is -0.247 e.